The van der Waals surface area contributed by atoms with Crippen LogP contribution in [0.4, 0.5) is 0 Å². The molecule has 4 heterocycles. The van der Waals surface area contributed by atoms with Crippen molar-refractivity contribution < 1.29 is 23.7 Å². The second-order valence-corrected chi connectivity index (χ2v) is 8.74. The van der Waals surface area contributed by atoms with Crippen molar-refractivity contribution in [3.8, 4) is 34.4 Å². The average Bonchev–Trinajstić information content (AvgIpc) is 3.39. The summed E-state index contributed by atoms with van der Waals surface area (Å²) in [4.78, 5) is 16.8. The van der Waals surface area contributed by atoms with Gasteiger partial charge in [0.2, 0.25) is 5.88 Å². The number of benzene rings is 2. The zero-order valence-electron chi connectivity index (χ0n) is 18.8. The number of rotatable bonds is 6. The van der Waals surface area contributed by atoms with Gasteiger partial charge in [0, 0.05) is 24.8 Å². The molecule has 0 radical (unpaired) electrons. The van der Waals surface area contributed by atoms with Crippen LogP contribution in [0.5, 0.6) is 23.1 Å². The minimum atomic E-state index is -0.317. The van der Waals surface area contributed by atoms with E-state index in [1.165, 1.54) is 0 Å². The highest BCUT2D eigenvalue weighted by molar-refractivity contribution is 5.67. The van der Waals surface area contributed by atoms with E-state index in [0.717, 1.165) is 54.2 Å². The summed E-state index contributed by atoms with van der Waals surface area (Å²) in [5.74, 6) is 2.52. The van der Waals surface area contributed by atoms with Gasteiger partial charge in [-0.15, -0.1) is 0 Å². The Hall–Kier alpha value is -3.52. The smallest absolute Gasteiger partial charge is 0.351 e. The summed E-state index contributed by atoms with van der Waals surface area (Å²) in [7, 11) is 0. The minimum Gasteiger partial charge on any atom is -0.491 e. The van der Waals surface area contributed by atoms with Gasteiger partial charge in [-0.25, -0.2) is 4.79 Å². The van der Waals surface area contributed by atoms with E-state index in [-0.39, 0.29) is 30.4 Å². The molecule has 176 valence electrons. The Morgan fingerprint density at radius 1 is 1.03 bits per heavy atom. The van der Waals surface area contributed by atoms with Crippen molar-refractivity contribution in [2.45, 2.75) is 38.0 Å². The number of para-hydroxylation sites is 2. The molecular weight excluding hydrogens is 436 g/mol. The fraction of sp³-hybridized carbons (Fsp3) is 0.385. The SMILES string of the molecule is O=c1nc(OCC2COc3ccccc3O2)cc2n1CCc1cc(OCC3CCCO3)ccc1-2. The zero-order valence-corrected chi connectivity index (χ0v) is 18.8. The second-order valence-electron chi connectivity index (χ2n) is 8.74. The summed E-state index contributed by atoms with van der Waals surface area (Å²) in [5, 5.41) is 0. The lowest BCUT2D eigenvalue weighted by molar-refractivity contribution is 0.0520. The summed E-state index contributed by atoms with van der Waals surface area (Å²) >= 11 is 0. The van der Waals surface area contributed by atoms with Gasteiger partial charge >= 0.3 is 5.69 Å². The maximum atomic E-state index is 12.7. The highest BCUT2D eigenvalue weighted by atomic mass is 16.6. The first-order chi connectivity index (χ1) is 16.7. The van der Waals surface area contributed by atoms with Crippen LogP contribution in [0.1, 0.15) is 18.4 Å². The molecule has 3 aliphatic heterocycles. The molecule has 0 saturated carbocycles. The number of fused-ring (bicyclic) bond motifs is 4. The van der Waals surface area contributed by atoms with Crippen LogP contribution in [-0.2, 0) is 17.7 Å². The van der Waals surface area contributed by atoms with Crippen LogP contribution in [0.3, 0.4) is 0 Å². The first-order valence-corrected chi connectivity index (χ1v) is 11.7. The Morgan fingerprint density at radius 2 is 1.91 bits per heavy atom. The van der Waals surface area contributed by atoms with Crippen molar-refractivity contribution in [2.75, 3.05) is 26.4 Å². The summed E-state index contributed by atoms with van der Waals surface area (Å²) in [6.07, 6.45) is 2.77. The number of ether oxygens (including phenoxy) is 5. The van der Waals surface area contributed by atoms with E-state index in [9.17, 15) is 4.79 Å². The molecule has 1 aromatic heterocycles. The molecule has 2 aromatic carbocycles. The van der Waals surface area contributed by atoms with E-state index in [0.29, 0.717) is 25.5 Å². The molecule has 0 bridgehead atoms. The lowest BCUT2D eigenvalue weighted by Gasteiger charge is -2.26. The second kappa shape index (κ2) is 9.02. The lowest BCUT2D eigenvalue weighted by atomic mass is 9.97. The normalized spacial score (nSPS) is 20.4. The topological polar surface area (TPSA) is 81.0 Å². The predicted molar refractivity (Wildman–Crippen MR) is 124 cm³/mol. The van der Waals surface area contributed by atoms with E-state index in [2.05, 4.69) is 11.1 Å². The molecule has 0 amide bonds. The molecular formula is C26H26N2O6. The van der Waals surface area contributed by atoms with Crippen LogP contribution in [0, 0.1) is 0 Å². The van der Waals surface area contributed by atoms with Gasteiger partial charge in [-0.05, 0) is 55.2 Å². The standard InChI is InChI=1S/C26H26N2O6/c29-26-27-25(33-16-20-15-32-23-5-1-2-6-24(23)34-20)13-22-21-8-7-18(12-17(21)9-10-28(22)26)31-14-19-4-3-11-30-19/h1-2,5-8,12-13,19-20H,3-4,9-11,14-16H2. The fourth-order valence-corrected chi connectivity index (χ4v) is 4.64. The zero-order chi connectivity index (χ0) is 22.9. The molecule has 3 aromatic rings. The van der Waals surface area contributed by atoms with Gasteiger partial charge in [-0.1, -0.05) is 12.1 Å². The van der Waals surface area contributed by atoms with Gasteiger partial charge < -0.3 is 23.7 Å². The highest BCUT2D eigenvalue weighted by Gasteiger charge is 2.24. The van der Waals surface area contributed by atoms with Crippen molar-refractivity contribution in [1.29, 1.82) is 0 Å². The minimum absolute atomic E-state index is 0.174. The fourth-order valence-electron chi connectivity index (χ4n) is 4.64. The van der Waals surface area contributed by atoms with Crippen LogP contribution in [0.25, 0.3) is 11.3 Å². The Balaban J connectivity index is 1.17. The molecule has 0 spiro atoms. The molecule has 8 heteroatoms. The molecule has 2 unspecified atom stereocenters. The third-order valence-electron chi connectivity index (χ3n) is 6.39. The van der Waals surface area contributed by atoms with Crippen LogP contribution in [0.2, 0.25) is 0 Å². The van der Waals surface area contributed by atoms with E-state index < -0.39 is 0 Å². The predicted octanol–water partition coefficient (Wildman–Crippen LogP) is 3.24. The molecule has 8 nitrogen and oxygen atoms in total. The number of aryl methyl sites for hydroxylation is 1. The Kier molecular flexibility index (Phi) is 5.58. The van der Waals surface area contributed by atoms with Crippen molar-refractivity contribution in [2.24, 2.45) is 0 Å². The molecule has 3 aliphatic rings. The highest BCUT2D eigenvalue weighted by Crippen LogP contribution is 2.33. The van der Waals surface area contributed by atoms with Crippen LogP contribution in [-0.4, -0.2) is 48.2 Å². The monoisotopic (exact) mass is 462 g/mol. The largest absolute Gasteiger partial charge is 0.491 e. The Bertz CT molecular complexity index is 1250. The quantitative estimate of drug-likeness (QED) is 0.556. The van der Waals surface area contributed by atoms with Crippen LogP contribution >= 0.6 is 0 Å². The average molecular weight is 463 g/mol. The van der Waals surface area contributed by atoms with Gasteiger partial charge in [0.15, 0.2) is 17.6 Å². The van der Waals surface area contributed by atoms with Gasteiger partial charge in [0.1, 0.15) is 25.6 Å². The molecule has 1 fully saturated rings. The van der Waals surface area contributed by atoms with E-state index >= 15 is 0 Å². The van der Waals surface area contributed by atoms with Gasteiger partial charge in [0.25, 0.3) is 0 Å². The van der Waals surface area contributed by atoms with E-state index in [4.69, 9.17) is 23.7 Å². The summed E-state index contributed by atoms with van der Waals surface area (Å²) in [6, 6.07) is 15.4. The Morgan fingerprint density at radius 3 is 2.79 bits per heavy atom. The van der Waals surface area contributed by atoms with E-state index in [1.54, 1.807) is 4.57 Å². The van der Waals surface area contributed by atoms with Crippen LogP contribution in [0.15, 0.2) is 53.3 Å². The van der Waals surface area contributed by atoms with Gasteiger partial charge in [-0.2, -0.15) is 4.98 Å². The molecule has 6 rings (SSSR count). The van der Waals surface area contributed by atoms with E-state index in [1.807, 2.05) is 42.5 Å². The molecule has 34 heavy (non-hydrogen) atoms. The maximum absolute atomic E-state index is 12.7. The molecule has 1 saturated heterocycles. The van der Waals surface area contributed by atoms with Crippen molar-refractivity contribution in [3.63, 3.8) is 0 Å². The third kappa shape index (κ3) is 4.21. The van der Waals surface area contributed by atoms with Crippen LogP contribution < -0.4 is 24.6 Å². The van der Waals surface area contributed by atoms with Crippen molar-refractivity contribution in [1.82, 2.24) is 9.55 Å². The van der Waals surface area contributed by atoms with Gasteiger partial charge in [0.05, 0.1) is 11.8 Å². The Labute approximate surface area is 197 Å². The molecule has 0 N–H and O–H groups in total. The first kappa shape index (κ1) is 21.0. The number of aromatic nitrogens is 2. The number of nitrogens with zero attached hydrogens (tertiary/aromatic N) is 2. The molecule has 2 atom stereocenters. The first-order valence-electron chi connectivity index (χ1n) is 11.7. The molecule has 0 aliphatic carbocycles. The van der Waals surface area contributed by atoms with Gasteiger partial charge in [-0.3, -0.25) is 4.57 Å². The summed E-state index contributed by atoms with van der Waals surface area (Å²) < 4.78 is 30.9. The summed E-state index contributed by atoms with van der Waals surface area (Å²) in [6.45, 7) is 2.55. The van der Waals surface area contributed by atoms with Crippen molar-refractivity contribution >= 4 is 0 Å². The number of hydrogen-bond acceptors (Lipinski definition) is 7. The summed E-state index contributed by atoms with van der Waals surface area (Å²) in [5.41, 5.74) is 2.62. The third-order valence-corrected chi connectivity index (χ3v) is 6.39. The lowest BCUT2D eigenvalue weighted by Crippen LogP contribution is -2.35. The number of hydrogen-bond donors (Lipinski definition) is 0. The maximum Gasteiger partial charge on any atom is 0.351 e. The van der Waals surface area contributed by atoms with Crippen molar-refractivity contribution in [3.05, 3.63) is 64.6 Å².